The summed E-state index contributed by atoms with van der Waals surface area (Å²) in [6.07, 6.45) is 0.817. The second kappa shape index (κ2) is 8.02. The molecule has 0 spiro atoms. The van der Waals surface area contributed by atoms with Gasteiger partial charge < -0.3 is 15.0 Å². The van der Waals surface area contributed by atoms with Crippen LogP contribution < -0.4 is 5.32 Å². The zero-order chi connectivity index (χ0) is 17.7. The van der Waals surface area contributed by atoms with Gasteiger partial charge in [0.05, 0.1) is 0 Å². The average molecular weight is 332 g/mol. The Labute approximate surface area is 146 Å². The number of likely N-dealkylation sites (tertiary alicyclic amines) is 1. The van der Waals surface area contributed by atoms with E-state index >= 15 is 0 Å². The molecule has 0 aliphatic carbocycles. The highest BCUT2D eigenvalue weighted by atomic mass is 16.6. The number of nitrogens with zero attached hydrogens (tertiary/aromatic N) is 1. The summed E-state index contributed by atoms with van der Waals surface area (Å²) in [5.41, 5.74) is 0.892. The summed E-state index contributed by atoms with van der Waals surface area (Å²) in [6, 6.07) is 11.0. The molecule has 1 aromatic carbocycles. The minimum atomic E-state index is -0.444. The fourth-order valence-electron chi connectivity index (χ4n) is 3.18. The van der Waals surface area contributed by atoms with Gasteiger partial charge >= 0.3 is 6.09 Å². The van der Waals surface area contributed by atoms with Crippen molar-refractivity contribution in [3.63, 3.8) is 0 Å². The molecule has 0 aromatic heterocycles. The minimum Gasteiger partial charge on any atom is -0.444 e. The van der Waals surface area contributed by atoms with E-state index in [1.807, 2.05) is 31.7 Å². The van der Waals surface area contributed by atoms with Gasteiger partial charge in [-0.3, -0.25) is 0 Å². The lowest BCUT2D eigenvalue weighted by Crippen LogP contribution is -2.36. The lowest BCUT2D eigenvalue weighted by atomic mass is 9.89. The third-order valence-corrected chi connectivity index (χ3v) is 4.36. The molecule has 1 saturated heterocycles. The van der Waals surface area contributed by atoms with Crippen LogP contribution in [0.3, 0.4) is 0 Å². The maximum atomic E-state index is 12.4. The molecule has 2 atom stereocenters. The Kier molecular flexibility index (Phi) is 6.27. The molecule has 1 fully saturated rings. The predicted octanol–water partition coefficient (Wildman–Crippen LogP) is 3.71. The second-order valence-corrected chi connectivity index (χ2v) is 8.16. The van der Waals surface area contributed by atoms with E-state index in [2.05, 4.69) is 43.4 Å². The van der Waals surface area contributed by atoms with Crippen LogP contribution in [0.2, 0.25) is 0 Å². The first-order chi connectivity index (χ1) is 11.2. The van der Waals surface area contributed by atoms with Crippen LogP contribution in [0.15, 0.2) is 30.3 Å². The molecule has 2 rings (SSSR count). The molecule has 0 saturated carbocycles. The maximum absolute atomic E-state index is 12.4. The number of amides is 1. The Morgan fingerprint density at radius 2 is 1.83 bits per heavy atom. The van der Waals surface area contributed by atoms with Gasteiger partial charge in [-0.25, -0.2) is 4.79 Å². The first-order valence-corrected chi connectivity index (χ1v) is 9.00. The van der Waals surface area contributed by atoms with Crippen LogP contribution in [0.5, 0.6) is 0 Å². The number of hydrogen-bond donors (Lipinski definition) is 1. The van der Waals surface area contributed by atoms with Crippen molar-refractivity contribution >= 4 is 6.09 Å². The molecule has 2 unspecified atom stereocenters. The fourth-order valence-corrected chi connectivity index (χ4v) is 3.18. The van der Waals surface area contributed by atoms with Gasteiger partial charge in [-0.05, 0) is 44.6 Å². The zero-order valence-corrected chi connectivity index (χ0v) is 15.7. The number of carbonyl (C=O) groups is 1. The van der Waals surface area contributed by atoms with Crippen LogP contribution in [0.1, 0.15) is 40.2 Å². The van der Waals surface area contributed by atoms with Gasteiger partial charge in [-0.2, -0.15) is 0 Å². The van der Waals surface area contributed by atoms with Crippen LogP contribution in [-0.4, -0.2) is 42.3 Å². The highest BCUT2D eigenvalue weighted by Crippen LogP contribution is 2.28. The number of ether oxygens (including phenoxy) is 1. The number of carbonyl (C=O) groups excluding carboxylic acids is 1. The van der Waals surface area contributed by atoms with Crippen molar-refractivity contribution < 1.29 is 9.53 Å². The van der Waals surface area contributed by atoms with E-state index in [1.165, 1.54) is 5.56 Å². The van der Waals surface area contributed by atoms with Gasteiger partial charge in [-0.1, -0.05) is 44.2 Å². The van der Waals surface area contributed by atoms with Crippen molar-refractivity contribution in [1.82, 2.24) is 10.2 Å². The van der Waals surface area contributed by atoms with E-state index in [-0.39, 0.29) is 6.09 Å². The highest BCUT2D eigenvalue weighted by Gasteiger charge is 2.36. The van der Waals surface area contributed by atoms with Gasteiger partial charge in [0.25, 0.3) is 0 Å². The Morgan fingerprint density at radius 1 is 1.21 bits per heavy atom. The third kappa shape index (κ3) is 5.82. The first kappa shape index (κ1) is 18.8. The summed E-state index contributed by atoms with van der Waals surface area (Å²) < 4.78 is 5.56. The van der Waals surface area contributed by atoms with E-state index in [0.29, 0.717) is 17.9 Å². The van der Waals surface area contributed by atoms with Crippen molar-refractivity contribution in [1.29, 1.82) is 0 Å². The van der Waals surface area contributed by atoms with Gasteiger partial charge in [0.1, 0.15) is 5.60 Å². The van der Waals surface area contributed by atoms with E-state index in [0.717, 1.165) is 26.1 Å². The first-order valence-electron chi connectivity index (χ1n) is 9.00. The molecule has 1 heterocycles. The molecule has 0 bridgehead atoms. The Morgan fingerprint density at radius 3 is 2.42 bits per heavy atom. The van der Waals surface area contributed by atoms with Crippen LogP contribution in [-0.2, 0) is 11.2 Å². The molecule has 4 nitrogen and oxygen atoms in total. The second-order valence-electron chi connectivity index (χ2n) is 8.16. The molecule has 134 valence electrons. The lowest BCUT2D eigenvalue weighted by Gasteiger charge is -2.24. The molecule has 4 heteroatoms. The maximum Gasteiger partial charge on any atom is 0.410 e. The number of hydrogen-bond acceptors (Lipinski definition) is 3. The van der Waals surface area contributed by atoms with Crippen LogP contribution in [0.4, 0.5) is 4.79 Å². The molecule has 1 aliphatic heterocycles. The van der Waals surface area contributed by atoms with Crippen molar-refractivity contribution in [2.75, 3.05) is 19.6 Å². The molecular formula is C20H32N2O2. The van der Waals surface area contributed by atoms with Crippen molar-refractivity contribution in [3.8, 4) is 0 Å². The van der Waals surface area contributed by atoms with Gasteiger partial charge in [-0.15, -0.1) is 0 Å². The van der Waals surface area contributed by atoms with Crippen molar-refractivity contribution in [2.24, 2.45) is 11.8 Å². The predicted molar refractivity (Wildman–Crippen MR) is 98.1 cm³/mol. The SMILES string of the molecule is CC(C)NCC1CN(C(=O)OC(C)(C)C)CC1Cc1ccccc1. The van der Waals surface area contributed by atoms with E-state index < -0.39 is 5.60 Å². The average Bonchev–Trinajstić information content (AvgIpc) is 2.87. The van der Waals surface area contributed by atoms with Gasteiger partial charge in [0, 0.05) is 25.7 Å². The summed E-state index contributed by atoms with van der Waals surface area (Å²) in [4.78, 5) is 14.3. The number of rotatable bonds is 5. The highest BCUT2D eigenvalue weighted by molar-refractivity contribution is 5.68. The molecule has 1 aliphatic rings. The lowest BCUT2D eigenvalue weighted by molar-refractivity contribution is 0.0284. The van der Waals surface area contributed by atoms with E-state index in [4.69, 9.17) is 4.74 Å². The Bertz CT molecular complexity index is 522. The van der Waals surface area contributed by atoms with Crippen molar-refractivity contribution in [3.05, 3.63) is 35.9 Å². The minimum absolute atomic E-state index is 0.187. The summed E-state index contributed by atoms with van der Waals surface area (Å²) in [5, 5.41) is 3.53. The molecule has 1 aromatic rings. The topological polar surface area (TPSA) is 41.6 Å². The van der Waals surface area contributed by atoms with Crippen LogP contribution in [0, 0.1) is 11.8 Å². The Balaban J connectivity index is 2.03. The standard InChI is InChI=1S/C20H32N2O2/c1-15(2)21-12-18-14-22(19(23)24-20(3,4)5)13-17(18)11-16-9-7-6-8-10-16/h6-10,15,17-18,21H,11-14H2,1-5H3. The number of benzene rings is 1. The largest absolute Gasteiger partial charge is 0.444 e. The smallest absolute Gasteiger partial charge is 0.410 e. The monoisotopic (exact) mass is 332 g/mol. The van der Waals surface area contributed by atoms with Gasteiger partial charge in [0.15, 0.2) is 0 Å². The van der Waals surface area contributed by atoms with E-state index in [1.54, 1.807) is 0 Å². The fraction of sp³-hybridized carbons (Fsp3) is 0.650. The quantitative estimate of drug-likeness (QED) is 0.894. The van der Waals surface area contributed by atoms with Gasteiger partial charge in [0.2, 0.25) is 0 Å². The summed E-state index contributed by atoms with van der Waals surface area (Å²) in [5.74, 6) is 0.922. The normalized spacial score (nSPS) is 21.3. The number of nitrogens with one attached hydrogen (secondary N) is 1. The van der Waals surface area contributed by atoms with Crippen LogP contribution >= 0.6 is 0 Å². The summed E-state index contributed by atoms with van der Waals surface area (Å²) in [6.45, 7) is 12.6. The molecule has 0 radical (unpaired) electrons. The molecular weight excluding hydrogens is 300 g/mol. The van der Waals surface area contributed by atoms with E-state index in [9.17, 15) is 4.79 Å². The molecule has 1 amide bonds. The summed E-state index contributed by atoms with van der Waals surface area (Å²) >= 11 is 0. The zero-order valence-electron chi connectivity index (χ0n) is 15.7. The Hall–Kier alpha value is -1.55. The third-order valence-electron chi connectivity index (χ3n) is 4.36. The molecule has 1 N–H and O–H groups in total. The van der Waals surface area contributed by atoms with Crippen molar-refractivity contribution in [2.45, 2.75) is 52.7 Å². The molecule has 24 heavy (non-hydrogen) atoms. The van der Waals surface area contributed by atoms with Crippen LogP contribution in [0.25, 0.3) is 0 Å². The summed E-state index contributed by atoms with van der Waals surface area (Å²) in [7, 11) is 0.